The fourth-order valence-corrected chi connectivity index (χ4v) is 3.74. The third kappa shape index (κ3) is 4.37. The molecule has 8 nitrogen and oxygen atoms in total. The number of benzene rings is 2. The first kappa shape index (κ1) is 23.1. The first-order valence-corrected chi connectivity index (χ1v) is 10.0. The molecule has 0 spiro atoms. The molecule has 0 amide bonds. The van der Waals surface area contributed by atoms with Crippen LogP contribution in [0.25, 0.3) is 12.2 Å². The number of phenols is 4. The van der Waals surface area contributed by atoms with Gasteiger partial charge in [0, 0.05) is 0 Å². The lowest BCUT2D eigenvalue weighted by molar-refractivity contribution is -0.186. The fraction of sp³-hybridized carbons (Fsp3) is 0.250. The molecule has 32 heavy (non-hydrogen) atoms. The summed E-state index contributed by atoms with van der Waals surface area (Å²) < 4.78 is 0. The van der Waals surface area contributed by atoms with E-state index in [-0.39, 0.29) is 35.8 Å². The average molecular weight is 440 g/mol. The van der Waals surface area contributed by atoms with Crippen LogP contribution >= 0.6 is 0 Å². The van der Waals surface area contributed by atoms with Crippen molar-refractivity contribution in [3.05, 3.63) is 59.7 Å². The van der Waals surface area contributed by atoms with Crippen LogP contribution in [0.2, 0.25) is 0 Å². The van der Waals surface area contributed by atoms with Gasteiger partial charge >= 0.3 is 0 Å². The van der Waals surface area contributed by atoms with Crippen molar-refractivity contribution in [2.75, 3.05) is 0 Å². The number of hydrogen-bond donors (Lipinski definition) is 6. The Labute approximate surface area is 184 Å². The lowest BCUT2D eigenvalue weighted by Gasteiger charge is -2.43. The summed E-state index contributed by atoms with van der Waals surface area (Å²) in [7, 11) is 0. The molecule has 3 rings (SSSR count). The highest BCUT2D eigenvalue weighted by molar-refractivity contribution is 6.09. The van der Waals surface area contributed by atoms with Gasteiger partial charge in [-0.15, -0.1) is 0 Å². The molecule has 2 atom stereocenters. The number of ketones is 2. The third-order valence-electron chi connectivity index (χ3n) is 5.68. The summed E-state index contributed by atoms with van der Waals surface area (Å²) in [6.07, 6.45) is 5.28. The normalized spacial score (nSPS) is 23.6. The van der Waals surface area contributed by atoms with Crippen molar-refractivity contribution in [2.24, 2.45) is 0 Å². The number of aromatic hydroxyl groups is 4. The summed E-state index contributed by atoms with van der Waals surface area (Å²) in [5.74, 6) is -3.14. The number of aliphatic hydroxyl groups is 2. The maximum Gasteiger partial charge on any atom is 0.190 e. The largest absolute Gasteiger partial charge is 0.504 e. The molecule has 0 aliphatic heterocycles. The van der Waals surface area contributed by atoms with Crippen LogP contribution in [0.4, 0.5) is 0 Å². The molecule has 2 aromatic rings. The second kappa shape index (κ2) is 8.86. The molecular formula is C24H24O8. The summed E-state index contributed by atoms with van der Waals surface area (Å²) >= 11 is 0. The van der Waals surface area contributed by atoms with Crippen molar-refractivity contribution in [1.29, 1.82) is 0 Å². The van der Waals surface area contributed by atoms with Gasteiger partial charge in [-0.2, -0.15) is 0 Å². The molecule has 1 saturated carbocycles. The zero-order chi connectivity index (χ0) is 23.5. The van der Waals surface area contributed by atoms with E-state index in [2.05, 4.69) is 0 Å². The molecule has 1 fully saturated rings. The molecule has 8 heteroatoms. The first-order valence-electron chi connectivity index (χ1n) is 10.0. The highest BCUT2D eigenvalue weighted by Gasteiger charge is 2.58. The van der Waals surface area contributed by atoms with Crippen LogP contribution < -0.4 is 0 Å². The van der Waals surface area contributed by atoms with Crippen molar-refractivity contribution in [1.82, 2.24) is 0 Å². The molecule has 0 unspecified atom stereocenters. The van der Waals surface area contributed by atoms with Gasteiger partial charge in [-0.3, -0.25) is 9.59 Å². The molecule has 0 radical (unpaired) electrons. The van der Waals surface area contributed by atoms with Gasteiger partial charge in [0.25, 0.3) is 0 Å². The molecular weight excluding hydrogens is 416 g/mol. The first-order chi connectivity index (χ1) is 15.1. The Morgan fingerprint density at radius 2 is 1.03 bits per heavy atom. The van der Waals surface area contributed by atoms with Gasteiger partial charge in [-0.05, 0) is 73.2 Å². The molecule has 0 heterocycles. The van der Waals surface area contributed by atoms with Gasteiger partial charge in [0.2, 0.25) is 0 Å². The van der Waals surface area contributed by atoms with Crippen molar-refractivity contribution >= 4 is 23.7 Å². The monoisotopic (exact) mass is 440 g/mol. The van der Waals surface area contributed by atoms with Crippen LogP contribution in [0.3, 0.4) is 0 Å². The van der Waals surface area contributed by atoms with Gasteiger partial charge in [0.15, 0.2) is 45.8 Å². The maximum atomic E-state index is 12.9. The van der Waals surface area contributed by atoms with Crippen LogP contribution in [0.5, 0.6) is 23.0 Å². The standard InChI is InChI=1S/C24H24O8/c25-17-7-3-15(13-19(17)27)5-9-21(29)23(31)11-1-2-12-24(23,32)22(30)10-6-16-4-8-18(26)20(28)14-16/h3-10,13-14,25-28,31-32H,1-2,11-12H2/t23-,24+. The predicted molar refractivity (Wildman–Crippen MR) is 116 cm³/mol. The summed E-state index contributed by atoms with van der Waals surface area (Å²) in [4.78, 5) is 25.8. The van der Waals surface area contributed by atoms with Crippen molar-refractivity contribution < 1.29 is 40.2 Å². The van der Waals surface area contributed by atoms with Crippen LogP contribution in [0.1, 0.15) is 36.8 Å². The quantitative estimate of drug-likeness (QED) is 0.295. The SMILES string of the molecule is O=C(C=Cc1ccc(O)c(O)c1)[C@]1(O)CCCC[C@]1(O)C(=O)C=Cc1ccc(O)c(O)c1. The molecule has 0 bridgehead atoms. The molecule has 1 aliphatic carbocycles. The Balaban J connectivity index is 1.85. The smallest absolute Gasteiger partial charge is 0.190 e. The van der Waals surface area contributed by atoms with E-state index in [9.17, 15) is 40.2 Å². The minimum Gasteiger partial charge on any atom is -0.504 e. The zero-order valence-corrected chi connectivity index (χ0v) is 17.1. The Morgan fingerprint density at radius 3 is 1.38 bits per heavy atom. The lowest BCUT2D eigenvalue weighted by atomic mass is 9.67. The maximum absolute atomic E-state index is 12.9. The Morgan fingerprint density at radius 1 is 0.656 bits per heavy atom. The van der Waals surface area contributed by atoms with Crippen molar-refractivity contribution in [2.45, 2.75) is 36.9 Å². The van der Waals surface area contributed by atoms with E-state index in [1.165, 1.54) is 48.6 Å². The summed E-state index contributed by atoms with van der Waals surface area (Å²) in [5.41, 5.74) is -3.96. The second-order valence-corrected chi connectivity index (χ2v) is 7.82. The van der Waals surface area contributed by atoms with Crippen molar-refractivity contribution in [3.63, 3.8) is 0 Å². The fourth-order valence-electron chi connectivity index (χ4n) is 3.74. The number of hydrogen-bond acceptors (Lipinski definition) is 8. The average Bonchev–Trinajstić information content (AvgIpc) is 2.77. The van der Waals surface area contributed by atoms with Crippen LogP contribution in [0, 0.1) is 0 Å². The second-order valence-electron chi connectivity index (χ2n) is 7.82. The van der Waals surface area contributed by atoms with E-state index in [1.807, 2.05) is 0 Å². The van der Waals surface area contributed by atoms with Gasteiger partial charge < -0.3 is 30.6 Å². The molecule has 0 aromatic heterocycles. The number of carbonyl (C=O) groups excluding carboxylic acids is 2. The topological polar surface area (TPSA) is 156 Å². The summed E-state index contributed by atoms with van der Waals surface area (Å²) in [5, 5.41) is 60.1. The molecule has 1 aliphatic rings. The minimum absolute atomic E-state index is 0.118. The predicted octanol–water partition coefficient (Wildman–Crippen LogP) is 2.41. The van der Waals surface area contributed by atoms with Crippen molar-refractivity contribution in [3.8, 4) is 23.0 Å². The van der Waals surface area contributed by atoms with E-state index in [0.717, 1.165) is 12.2 Å². The van der Waals surface area contributed by atoms with Crippen LogP contribution in [-0.2, 0) is 9.59 Å². The van der Waals surface area contributed by atoms with Gasteiger partial charge in [-0.25, -0.2) is 0 Å². The third-order valence-corrected chi connectivity index (χ3v) is 5.68. The van der Waals surface area contributed by atoms with E-state index in [0.29, 0.717) is 24.0 Å². The van der Waals surface area contributed by atoms with Gasteiger partial charge in [0.1, 0.15) is 0 Å². The number of carbonyl (C=O) groups is 2. The molecule has 168 valence electrons. The van der Waals surface area contributed by atoms with E-state index in [4.69, 9.17) is 0 Å². The highest BCUT2D eigenvalue weighted by Crippen LogP contribution is 2.40. The van der Waals surface area contributed by atoms with Gasteiger partial charge in [0.05, 0.1) is 0 Å². The Kier molecular flexibility index (Phi) is 6.38. The Hall–Kier alpha value is -3.62. The van der Waals surface area contributed by atoms with E-state index >= 15 is 0 Å². The zero-order valence-electron chi connectivity index (χ0n) is 17.1. The number of phenolic OH excluding ortho intramolecular Hbond substituents is 4. The van der Waals surface area contributed by atoms with Crippen LogP contribution in [0.15, 0.2) is 48.6 Å². The minimum atomic E-state index is -2.35. The van der Waals surface area contributed by atoms with E-state index in [1.54, 1.807) is 0 Å². The van der Waals surface area contributed by atoms with Gasteiger partial charge in [-0.1, -0.05) is 24.3 Å². The molecule has 2 aromatic carbocycles. The summed E-state index contributed by atoms with van der Waals surface area (Å²) in [6.45, 7) is 0. The number of rotatable bonds is 6. The molecule has 6 N–H and O–H groups in total. The van der Waals surface area contributed by atoms with Crippen LogP contribution in [-0.4, -0.2) is 53.4 Å². The Bertz CT molecular complexity index is 1020. The lowest BCUT2D eigenvalue weighted by Crippen LogP contribution is -2.64. The highest BCUT2D eigenvalue weighted by atomic mass is 16.4. The molecule has 0 saturated heterocycles. The summed E-state index contributed by atoms with van der Waals surface area (Å²) in [6, 6.07) is 7.80. The van der Waals surface area contributed by atoms with E-state index < -0.39 is 22.8 Å².